The van der Waals surface area contributed by atoms with E-state index in [1.807, 2.05) is 38.1 Å². The molecule has 0 N–H and O–H groups in total. The van der Waals surface area contributed by atoms with E-state index in [0.717, 1.165) is 22.4 Å². The second-order valence-electron chi connectivity index (χ2n) is 2.95. The topological polar surface area (TPSA) is 25.8 Å². The predicted molar refractivity (Wildman–Crippen MR) is 75.9 cm³/mol. The van der Waals surface area contributed by atoms with Gasteiger partial charge in [-0.2, -0.15) is 0 Å². The SMILES string of the molecule is Cc1ccc2ccc(C)nc2n1.[CH3-].[CH3-].[I][Au]. The van der Waals surface area contributed by atoms with Gasteiger partial charge in [-0.05, 0) is 38.1 Å². The number of aryl methyl sites for hydroxylation is 2. The van der Waals surface area contributed by atoms with Gasteiger partial charge in [-0.15, -0.1) is 0 Å². The summed E-state index contributed by atoms with van der Waals surface area (Å²) in [5.74, 6) is 0. The molecule has 2 aromatic heterocycles. The van der Waals surface area contributed by atoms with Gasteiger partial charge in [0.05, 0.1) is 0 Å². The summed E-state index contributed by atoms with van der Waals surface area (Å²) in [6.45, 7) is 3.95. The Morgan fingerprint density at radius 1 is 0.875 bits per heavy atom. The van der Waals surface area contributed by atoms with Crippen LogP contribution < -0.4 is 0 Å². The monoisotopic (exact) mass is 512 g/mol. The Bertz CT molecular complexity index is 396. The van der Waals surface area contributed by atoms with Crippen LogP contribution in [0.4, 0.5) is 0 Å². The number of fused-ring (bicyclic) bond motifs is 1. The molecule has 0 bridgehead atoms. The zero-order valence-corrected chi connectivity index (χ0v) is 14.2. The van der Waals surface area contributed by atoms with Crippen LogP contribution in [-0.2, 0) is 17.3 Å². The molecule has 0 aromatic carbocycles. The van der Waals surface area contributed by atoms with Gasteiger partial charge in [0.2, 0.25) is 0 Å². The Labute approximate surface area is 121 Å². The molecule has 0 atom stereocenters. The van der Waals surface area contributed by atoms with Crippen molar-refractivity contribution in [2.75, 3.05) is 0 Å². The van der Waals surface area contributed by atoms with Crippen LogP contribution in [0, 0.1) is 28.7 Å². The van der Waals surface area contributed by atoms with Crippen molar-refractivity contribution >= 4 is 30.1 Å². The quantitative estimate of drug-likeness (QED) is 0.303. The summed E-state index contributed by atoms with van der Waals surface area (Å²) in [4.78, 5) is 8.65. The number of pyridine rings is 2. The van der Waals surface area contributed by atoms with Crippen LogP contribution in [0.5, 0.6) is 0 Å². The van der Waals surface area contributed by atoms with Crippen molar-refractivity contribution in [2.24, 2.45) is 0 Å². The normalized spacial score (nSPS) is 8.31. The average Bonchev–Trinajstić information content (AvgIpc) is 2.20. The van der Waals surface area contributed by atoms with Crippen LogP contribution in [0.2, 0.25) is 0 Å². The van der Waals surface area contributed by atoms with Gasteiger partial charge < -0.3 is 14.9 Å². The van der Waals surface area contributed by atoms with E-state index in [-0.39, 0.29) is 14.9 Å². The second-order valence-corrected chi connectivity index (χ2v) is 2.95. The third kappa shape index (κ3) is 4.91. The summed E-state index contributed by atoms with van der Waals surface area (Å²) >= 11 is 4.34. The van der Waals surface area contributed by atoms with Gasteiger partial charge >= 0.3 is 36.3 Å². The zero-order chi connectivity index (χ0) is 10.6. The minimum atomic E-state index is 0. The van der Waals surface area contributed by atoms with E-state index in [0.29, 0.717) is 0 Å². The van der Waals surface area contributed by atoms with Crippen molar-refractivity contribution in [3.05, 3.63) is 50.5 Å². The Hall–Kier alpha value is 0.0303. The molecule has 2 aromatic rings. The van der Waals surface area contributed by atoms with Gasteiger partial charge in [-0.1, -0.05) is 0 Å². The summed E-state index contributed by atoms with van der Waals surface area (Å²) in [6.07, 6.45) is 0. The summed E-state index contributed by atoms with van der Waals surface area (Å²) in [5, 5.41) is 1.10. The van der Waals surface area contributed by atoms with Gasteiger partial charge in [-0.3, -0.25) is 0 Å². The first-order valence-electron chi connectivity index (χ1n) is 4.08. The summed E-state index contributed by atoms with van der Waals surface area (Å²) in [5.41, 5.74) is 2.87. The van der Waals surface area contributed by atoms with Gasteiger partial charge in [0.1, 0.15) is 0 Å². The van der Waals surface area contributed by atoms with Crippen molar-refractivity contribution in [1.82, 2.24) is 9.97 Å². The molecule has 0 amide bonds. The minimum absolute atomic E-state index is 0. The molecule has 0 fully saturated rings. The predicted octanol–water partition coefficient (Wildman–Crippen LogP) is 4.03. The maximum atomic E-state index is 4.33. The number of hydrogen-bond donors (Lipinski definition) is 0. The zero-order valence-electron chi connectivity index (χ0n) is 9.88. The van der Waals surface area contributed by atoms with E-state index in [1.54, 1.807) is 0 Å². The molecule has 2 heterocycles. The maximum absolute atomic E-state index is 4.33. The van der Waals surface area contributed by atoms with Crippen molar-refractivity contribution in [3.8, 4) is 0 Å². The fourth-order valence-electron chi connectivity index (χ4n) is 1.19. The van der Waals surface area contributed by atoms with E-state index >= 15 is 0 Å². The molecular weight excluding hydrogens is 496 g/mol. The van der Waals surface area contributed by atoms with E-state index in [2.05, 4.69) is 46.2 Å². The summed E-state index contributed by atoms with van der Waals surface area (Å²) in [6, 6.07) is 8.09. The number of rotatable bonds is 0. The molecule has 0 aliphatic carbocycles. The van der Waals surface area contributed by atoms with E-state index in [1.165, 1.54) is 0 Å². The molecular formula is C12H16AuIN2-2. The molecule has 0 radical (unpaired) electrons. The van der Waals surface area contributed by atoms with E-state index in [9.17, 15) is 0 Å². The summed E-state index contributed by atoms with van der Waals surface area (Å²) in [7, 11) is 0. The fourth-order valence-corrected chi connectivity index (χ4v) is 1.19. The van der Waals surface area contributed by atoms with Gasteiger partial charge in [-0.25, -0.2) is 9.97 Å². The van der Waals surface area contributed by atoms with Crippen LogP contribution in [0.3, 0.4) is 0 Å². The van der Waals surface area contributed by atoms with Crippen molar-refractivity contribution in [2.45, 2.75) is 13.8 Å². The molecule has 2 nitrogen and oxygen atoms in total. The van der Waals surface area contributed by atoms with Crippen LogP contribution in [0.25, 0.3) is 11.0 Å². The number of aromatic nitrogens is 2. The number of hydrogen-bond acceptors (Lipinski definition) is 2. The van der Waals surface area contributed by atoms with Crippen molar-refractivity contribution < 1.29 is 17.3 Å². The number of nitrogens with zero attached hydrogens (tertiary/aromatic N) is 2. The van der Waals surface area contributed by atoms with Crippen LogP contribution in [-0.4, -0.2) is 9.97 Å². The molecule has 2 rings (SSSR count). The fraction of sp³-hybridized carbons (Fsp3) is 0.167. The Morgan fingerprint density at radius 3 is 1.62 bits per heavy atom. The Balaban J connectivity index is 0. The molecule has 0 saturated carbocycles. The first-order valence-corrected chi connectivity index (χ1v) is 10.2. The second kappa shape index (κ2) is 9.10. The first-order chi connectivity index (χ1) is 6.75. The average molecular weight is 512 g/mol. The molecule has 94 valence electrons. The third-order valence-electron chi connectivity index (χ3n) is 1.83. The van der Waals surface area contributed by atoms with Crippen LogP contribution in [0.15, 0.2) is 24.3 Å². The van der Waals surface area contributed by atoms with E-state index in [4.69, 9.17) is 0 Å². The molecule has 0 spiro atoms. The van der Waals surface area contributed by atoms with Crippen molar-refractivity contribution in [1.29, 1.82) is 0 Å². The van der Waals surface area contributed by atoms with Gasteiger partial charge in [0, 0.05) is 16.8 Å². The van der Waals surface area contributed by atoms with Crippen molar-refractivity contribution in [3.63, 3.8) is 0 Å². The van der Waals surface area contributed by atoms with Crippen LogP contribution in [0.1, 0.15) is 11.4 Å². The summed E-state index contributed by atoms with van der Waals surface area (Å²) < 4.78 is 0. The molecule has 0 unspecified atom stereocenters. The molecule has 0 saturated heterocycles. The standard InChI is InChI=1S/C10H10N2.2CH3.Au.HI/c1-7-3-5-9-6-4-8(2)12-10(9)11-7;;;;/h3-6H,1-2H3;2*1H3;;1H/q;2*-1;+1;/p-1. The molecule has 4 heteroatoms. The number of halogens is 1. The first kappa shape index (κ1) is 18.4. The molecule has 0 aliphatic rings. The van der Waals surface area contributed by atoms with Gasteiger partial charge in [0.15, 0.2) is 5.65 Å². The van der Waals surface area contributed by atoms with Crippen LogP contribution >= 0.6 is 19.0 Å². The molecule has 16 heavy (non-hydrogen) atoms. The van der Waals surface area contributed by atoms with Gasteiger partial charge in [0.25, 0.3) is 0 Å². The molecule has 0 aliphatic heterocycles. The Kier molecular flexibility index (Phi) is 10.5. The third-order valence-corrected chi connectivity index (χ3v) is 1.83. The van der Waals surface area contributed by atoms with E-state index < -0.39 is 0 Å². The Morgan fingerprint density at radius 2 is 1.25 bits per heavy atom.